The van der Waals surface area contributed by atoms with Crippen molar-refractivity contribution < 1.29 is 4.74 Å². The molecule has 0 aliphatic carbocycles. The fraction of sp³-hybridized carbons (Fsp3) is 0.143. The van der Waals surface area contributed by atoms with Crippen molar-refractivity contribution in [3.05, 3.63) is 96.1 Å². The van der Waals surface area contributed by atoms with Gasteiger partial charge in [0.15, 0.2) is 0 Å². The van der Waals surface area contributed by atoms with Gasteiger partial charge in [0.25, 0.3) is 0 Å². The molecule has 3 aromatic carbocycles. The van der Waals surface area contributed by atoms with E-state index in [1.54, 1.807) is 7.11 Å². The second-order valence-electron chi connectivity index (χ2n) is 5.66. The van der Waals surface area contributed by atoms with Crippen LogP contribution in [0.15, 0.2) is 84.9 Å². The Hall–Kier alpha value is -2.32. The highest BCUT2D eigenvalue weighted by molar-refractivity contribution is 6.72. The van der Waals surface area contributed by atoms with Crippen LogP contribution in [0.25, 0.3) is 0 Å². The quantitative estimate of drug-likeness (QED) is 0.625. The maximum absolute atomic E-state index is 5.42. The lowest BCUT2D eigenvalue weighted by atomic mass is 10.2. The molecule has 0 N–H and O–H groups in total. The standard InChI is InChI=1S/C21H21OSi/c1-22-20-13-8-14-21(15-20)23(16-18-9-4-2-5-10-18)17-19-11-6-3-7-12-19/h2-15H,16-17H2,1H3. The minimum absolute atomic E-state index is 0.739. The average Bonchev–Trinajstić information content (AvgIpc) is 2.63. The molecule has 2 heteroatoms. The summed E-state index contributed by atoms with van der Waals surface area (Å²) < 4.78 is 5.42. The van der Waals surface area contributed by atoms with Gasteiger partial charge in [-0.2, -0.15) is 0 Å². The van der Waals surface area contributed by atoms with Crippen molar-refractivity contribution in [3.63, 3.8) is 0 Å². The zero-order valence-corrected chi connectivity index (χ0v) is 14.4. The third-order valence-corrected chi connectivity index (χ3v) is 6.80. The summed E-state index contributed by atoms with van der Waals surface area (Å²) in [6.45, 7) is 0. The van der Waals surface area contributed by atoms with Crippen molar-refractivity contribution in [1.82, 2.24) is 0 Å². The van der Waals surface area contributed by atoms with E-state index < -0.39 is 8.80 Å². The maximum atomic E-state index is 5.42. The predicted molar refractivity (Wildman–Crippen MR) is 98.7 cm³/mol. The van der Waals surface area contributed by atoms with Gasteiger partial charge in [-0.15, -0.1) is 0 Å². The zero-order valence-electron chi connectivity index (χ0n) is 13.4. The molecule has 1 radical (unpaired) electrons. The van der Waals surface area contributed by atoms with Gasteiger partial charge in [-0.3, -0.25) is 0 Å². The molecule has 0 spiro atoms. The number of methoxy groups -OCH3 is 1. The Labute approximate surface area is 140 Å². The molecule has 0 saturated carbocycles. The zero-order chi connectivity index (χ0) is 15.9. The van der Waals surface area contributed by atoms with Crippen molar-refractivity contribution in [2.75, 3.05) is 7.11 Å². The summed E-state index contributed by atoms with van der Waals surface area (Å²) >= 11 is 0. The van der Waals surface area contributed by atoms with Crippen LogP contribution in [0.3, 0.4) is 0 Å². The van der Waals surface area contributed by atoms with Crippen LogP contribution >= 0.6 is 0 Å². The highest BCUT2D eigenvalue weighted by Crippen LogP contribution is 2.12. The minimum atomic E-state index is -0.739. The lowest BCUT2D eigenvalue weighted by Crippen LogP contribution is -2.35. The highest BCUT2D eigenvalue weighted by Gasteiger charge is 2.16. The lowest BCUT2D eigenvalue weighted by Gasteiger charge is -2.17. The second-order valence-corrected chi connectivity index (χ2v) is 8.15. The van der Waals surface area contributed by atoms with E-state index in [1.807, 2.05) is 6.07 Å². The van der Waals surface area contributed by atoms with Crippen LogP contribution < -0.4 is 9.92 Å². The van der Waals surface area contributed by atoms with Gasteiger partial charge >= 0.3 is 0 Å². The third-order valence-electron chi connectivity index (χ3n) is 4.00. The van der Waals surface area contributed by atoms with Crippen molar-refractivity contribution in [2.45, 2.75) is 12.1 Å². The number of hydrogen-bond acceptors (Lipinski definition) is 1. The first-order valence-electron chi connectivity index (χ1n) is 7.92. The molecule has 1 nitrogen and oxygen atoms in total. The van der Waals surface area contributed by atoms with Crippen molar-refractivity contribution in [1.29, 1.82) is 0 Å². The monoisotopic (exact) mass is 317 g/mol. The summed E-state index contributed by atoms with van der Waals surface area (Å²) in [7, 11) is 0.997. The van der Waals surface area contributed by atoms with Gasteiger partial charge in [-0.25, -0.2) is 0 Å². The summed E-state index contributed by atoms with van der Waals surface area (Å²) in [6, 6.07) is 32.5. The third kappa shape index (κ3) is 4.33. The van der Waals surface area contributed by atoms with Crippen LogP contribution in [0.2, 0.25) is 0 Å². The summed E-state index contributed by atoms with van der Waals surface area (Å²) in [5.41, 5.74) is 2.83. The van der Waals surface area contributed by atoms with Crippen molar-refractivity contribution >= 4 is 14.0 Å². The van der Waals surface area contributed by atoms with Gasteiger partial charge in [0.05, 0.1) is 15.9 Å². The van der Waals surface area contributed by atoms with E-state index >= 15 is 0 Å². The lowest BCUT2D eigenvalue weighted by molar-refractivity contribution is 0.415. The Morgan fingerprint density at radius 1 is 0.696 bits per heavy atom. The molecule has 0 amide bonds. The maximum Gasteiger partial charge on any atom is 0.118 e. The highest BCUT2D eigenvalue weighted by atomic mass is 28.3. The second kappa shape index (κ2) is 7.79. The molecule has 0 saturated heterocycles. The van der Waals surface area contributed by atoms with E-state index in [-0.39, 0.29) is 0 Å². The molecule has 0 fully saturated rings. The number of rotatable bonds is 6. The Morgan fingerprint density at radius 2 is 1.26 bits per heavy atom. The summed E-state index contributed by atoms with van der Waals surface area (Å²) in [4.78, 5) is 0. The van der Waals surface area contributed by atoms with Gasteiger partial charge in [0, 0.05) is 0 Å². The Kier molecular flexibility index (Phi) is 5.28. The van der Waals surface area contributed by atoms with Crippen LogP contribution in [0, 0.1) is 0 Å². The SMILES string of the molecule is COc1cccc([Si](Cc2ccccc2)Cc2ccccc2)c1. The molecule has 115 valence electrons. The predicted octanol–water partition coefficient (Wildman–Crippen LogP) is 3.96. The van der Waals surface area contributed by atoms with E-state index in [0.717, 1.165) is 17.8 Å². The largest absolute Gasteiger partial charge is 0.497 e. The van der Waals surface area contributed by atoms with E-state index in [2.05, 4.69) is 78.9 Å². The van der Waals surface area contributed by atoms with Crippen LogP contribution in [0.4, 0.5) is 0 Å². The molecule has 23 heavy (non-hydrogen) atoms. The van der Waals surface area contributed by atoms with Gasteiger partial charge < -0.3 is 4.74 Å². The van der Waals surface area contributed by atoms with Gasteiger partial charge in [-0.1, -0.05) is 89.1 Å². The van der Waals surface area contributed by atoms with Gasteiger partial charge in [-0.05, 0) is 24.2 Å². The van der Waals surface area contributed by atoms with Crippen LogP contribution in [-0.2, 0) is 12.1 Å². The number of ether oxygens (including phenoxy) is 1. The first kappa shape index (κ1) is 15.6. The molecule has 0 heterocycles. The van der Waals surface area contributed by atoms with Crippen molar-refractivity contribution in [3.8, 4) is 5.75 Å². The van der Waals surface area contributed by atoms with E-state index in [9.17, 15) is 0 Å². The molecule has 0 atom stereocenters. The molecular weight excluding hydrogens is 296 g/mol. The normalized spacial score (nSPS) is 10.7. The summed E-state index contributed by atoms with van der Waals surface area (Å²) in [5, 5.41) is 1.43. The van der Waals surface area contributed by atoms with Crippen LogP contribution in [0.5, 0.6) is 5.75 Å². The van der Waals surface area contributed by atoms with Gasteiger partial charge in [0.2, 0.25) is 0 Å². The molecular formula is C21H21OSi. The smallest absolute Gasteiger partial charge is 0.118 e. The molecule has 0 aliphatic rings. The fourth-order valence-electron chi connectivity index (χ4n) is 2.79. The Balaban J connectivity index is 1.88. The van der Waals surface area contributed by atoms with E-state index in [1.165, 1.54) is 16.3 Å². The first-order chi connectivity index (χ1) is 11.3. The Bertz CT molecular complexity index is 684. The fourth-order valence-corrected chi connectivity index (χ4v) is 5.46. The minimum Gasteiger partial charge on any atom is -0.497 e. The van der Waals surface area contributed by atoms with Crippen molar-refractivity contribution in [2.24, 2.45) is 0 Å². The molecule has 0 bridgehead atoms. The summed E-state index contributed by atoms with van der Waals surface area (Å²) in [5.74, 6) is 0.950. The molecule has 0 aromatic heterocycles. The molecule has 0 aliphatic heterocycles. The summed E-state index contributed by atoms with van der Waals surface area (Å²) in [6.07, 6.45) is 0. The molecule has 0 unspecified atom stereocenters. The Morgan fingerprint density at radius 3 is 1.78 bits per heavy atom. The molecule has 3 aromatic rings. The number of benzene rings is 3. The topological polar surface area (TPSA) is 9.23 Å². The molecule has 3 rings (SSSR count). The van der Waals surface area contributed by atoms with Crippen LogP contribution in [0.1, 0.15) is 11.1 Å². The van der Waals surface area contributed by atoms with E-state index in [0.29, 0.717) is 0 Å². The number of hydrogen-bond donors (Lipinski definition) is 0. The van der Waals surface area contributed by atoms with E-state index in [4.69, 9.17) is 4.74 Å². The van der Waals surface area contributed by atoms with Crippen LogP contribution in [-0.4, -0.2) is 15.9 Å². The van der Waals surface area contributed by atoms with Gasteiger partial charge in [0.1, 0.15) is 5.75 Å². The average molecular weight is 317 g/mol. The first-order valence-corrected chi connectivity index (χ1v) is 9.83.